The first-order valence-corrected chi connectivity index (χ1v) is 11.5. The number of rotatable bonds is 8. The number of benzene rings is 1. The molecule has 0 spiro atoms. The van der Waals surface area contributed by atoms with E-state index >= 15 is 0 Å². The van der Waals surface area contributed by atoms with E-state index in [1.165, 1.54) is 6.20 Å². The number of allylic oxidation sites excluding steroid dienone is 1. The monoisotopic (exact) mass is 485 g/mol. The Hall–Kier alpha value is -4.24. The Kier molecular flexibility index (Phi) is 7.03. The molecule has 4 N–H and O–H groups in total. The minimum Gasteiger partial charge on any atom is -0.493 e. The smallest absolute Gasteiger partial charge is 0.174 e. The fourth-order valence-electron chi connectivity index (χ4n) is 3.70. The van der Waals surface area contributed by atoms with E-state index in [0.717, 1.165) is 39.0 Å². The van der Waals surface area contributed by atoms with Crippen LogP contribution in [0, 0.1) is 6.92 Å². The summed E-state index contributed by atoms with van der Waals surface area (Å²) in [7, 11) is 3.58. The maximum atomic E-state index is 9.89. The molecule has 0 aliphatic heterocycles. The summed E-state index contributed by atoms with van der Waals surface area (Å²) >= 11 is 0. The number of aryl methyl sites for hydroxylation is 1. The summed E-state index contributed by atoms with van der Waals surface area (Å²) in [5.74, 6) is 2.70. The van der Waals surface area contributed by atoms with Gasteiger partial charge in [0, 0.05) is 48.4 Å². The number of ether oxygens (including phenoxy) is 1. The van der Waals surface area contributed by atoms with Crippen molar-refractivity contribution in [2.24, 2.45) is 17.8 Å². The Morgan fingerprint density at radius 1 is 1.14 bits per heavy atom. The Morgan fingerprint density at radius 2 is 1.94 bits per heavy atom. The maximum absolute atomic E-state index is 9.89. The molecular formula is C27H31N7O2. The molecule has 1 aromatic carbocycles. The molecule has 4 rings (SSSR count). The van der Waals surface area contributed by atoms with Crippen molar-refractivity contribution in [2.45, 2.75) is 26.4 Å². The van der Waals surface area contributed by atoms with Gasteiger partial charge in [-0.25, -0.2) is 15.0 Å². The number of fused-ring (bicyclic) bond motifs is 1. The van der Waals surface area contributed by atoms with E-state index < -0.39 is 5.60 Å². The number of imidazole rings is 1. The minimum absolute atomic E-state index is 0.281. The lowest BCUT2D eigenvalue weighted by Gasteiger charge is -2.13. The van der Waals surface area contributed by atoms with Crippen LogP contribution < -0.4 is 15.8 Å². The predicted octanol–water partition coefficient (Wildman–Crippen LogP) is 4.23. The van der Waals surface area contributed by atoms with Crippen LogP contribution in [0.2, 0.25) is 0 Å². The van der Waals surface area contributed by atoms with Gasteiger partial charge in [-0.15, -0.1) is 0 Å². The van der Waals surface area contributed by atoms with E-state index in [4.69, 9.17) is 10.5 Å². The van der Waals surface area contributed by atoms with Gasteiger partial charge in [-0.2, -0.15) is 0 Å². The fraction of sp³-hybridized carbons (Fsp3) is 0.259. The molecule has 186 valence electrons. The summed E-state index contributed by atoms with van der Waals surface area (Å²) in [6.45, 7) is 5.66. The standard InChI is InChI=1S/C27H31N7O2/c1-17-30-15-23(34(17)4)21-9-24(36-5)26(32-14-21)33-25-10-20-8-18(6-7-19(20)13-31-25)22(11-28)12-29-16-27(2,3)35/h6-15,35H,16,28H2,1-5H3,(H,31,32,33). The second-order valence-corrected chi connectivity index (χ2v) is 9.19. The molecule has 0 fully saturated rings. The van der Waals surface area contributed by atoms with Crippen LogP contribution in [-0.4, -0.2) is 50.1 Å². The highest BCUT2D eigenvalue weighted by atomic mass is 16.5. The predicted molar refractivity (Wildman–Crippen MR) is 145 cm³/mol. The van der Waals surface area contributed by atoms with Crippen LogP contribution in [0.3, 0.4) is 0 Å². The number of hydrogen-bond donors (Lipinski definition) is 3. The van der Waals surface area contributed by atoms with Crippen molar-refractivity contribution in [1.82, 2.24) is 19.5 Å². The van der Waals surface area contributed by atoms with E-state index in [9.17, 15) is 5.11 Å². The van der Waals surface area contributed by atoms with Gasteiger partial charge >= 0.3 is 0 Å². The highest BCUT2D eigenvalue weighted by Gasteiger charge is 2.13. The quantitative estimate of drug-likeness (QED) is 0.319. The first kappa shape index (κ1) is 24.9. The lowest BCUT2D eigenvalue weighted by atomic mass is 10.0. The molecule has 0 saturated heterocycles. The molecule has 0 radical (unpaired) electrons. The fourth-order valence-corrected chi connectivity index (χ4v) is 3.70. The molecule has 9 heteroatoms. The molecule has 3 aromatic heterocycles. The van der Waals surface area contributed by atoms with Gasteiger partial charge in [0.2, 0.25) is 0 Å². The first-order chi connectivity index (χ1) is 17.2. The topological polar surface area (TPSA) is 123 Å². The average molecular weight is 486 g/mol. The van der Waals surface area contributed by atoms with Crippen molar-refractivity contribution >= 4 is 34.2 Å². The summed E-state index contributed by atoms with van der Waals surface area (Å²) in [6.07, 6.45) is 8.59. The van der Waals surface area contributed by atoms with Crippen LogP contribution >= 0.6 is 0 Å². The number of anilines is 2. The second kappa shape index (κ2) is 10.2. The zero-order valence-electron chi connectivity index (χ0n) is 21.1. The third-order valence-electron chi connectivity index (χ3n) is 5.78. The summed E-state index contributed by atoms with van der Waals surface area (Å²) in [6, 6.07) is 9.85. The first-order valence-electron chi connectivity index (χ1n) is 11.5. The third kappa shape index (κ3) is 5.52. The van der Waals surface area contributed by atoms with Crippen molar-refractivity contribution in [3.63, 3.8) is 0 Å². The molecule has 4 aromatic rings. The van der Waals surface area contributed by atoms with Gasteiger partial charge in [-0.05, 0) is 49.9 Å². The number of nitrogens with one attached hydrogen (secondary N) is 1. The average Bonchev–Trinajstić information content (AvgIpc) is 3.19. The molecule has 9 nitrogen and oxygen atoms in total. The van der Waals surface area contributed by atoms with Gasteiger partial charge in [0.05, 0.1) is 31.1 Å². The zero-order valence-corrected chi connectivity index (χ0v) is 21.1. The van der Waals surface area contributed by atoms with Gasteiger partial charge in [-0.3, -0.25) is 4.99 Å². The van der Waals surface area contributed by atoms with Crippen LogP contribution in [0.15, 0.2) is 60.1 Å². The SMILES string of the molecule is COc1cc(-c2cnc(C)n2C)cnc1Nc1cc2cc(C(C=NCC(C)(C)O)=CN)ccc2cn1. The van der Waals surface area contributed by atoms with E-state index in [-0.39, 0.29) is 6.54 Å². The lowest BCUT2D eigenvalue weighted by Crippen LogP contribution is -2.22. The van der Waals surface area contributed by atoms with Gasteiger partial charge < -0.3 is 25.5 Å². The zero-order chi connectivity index (χ0) is 25.9. The Labute approximate surface area is 210 Å². The Bertz CT molecular complexity index is 1450. The Balaban J connectivity index is 1.61. The molecule has 0 atom stereocenters. The van der Waals surface area contributed by atoms with Crippen LogP contribution in [-0.2, 0) is 7.05 Å². The van der Waals surface area contributed by atoms with Gasteiger partial charge in [0.1, 0.15) is 11.6 Å². The van der Waals surface area contributed by atoms with E-state index in [0.29, 0.717) is 17.4 Å². The molecule has 0 aliphatic rings. The highest BCUT2D eigenvalue weighted by molar-refractivity contribution is 6.10. The molecule has 0 aliphatic carbocycles. The molecular weight excluding hydrogens is 454 g/mol. The molecule has 3 heterocycles. The van der Waals surface area contributed by atoms with Crippen LogP contribution in [0.1, 0.15) is 25.2 Å². The number of aromatic nitrogens is 4. The lowest BCUT2D eigenvalue weighted by molar-refractivity contribution is 0.0906. The van der Waals surface area contributed by atoms with Gasteiger partial charge in [0.25, 0.3) is 0 Å². The number of aliphatic hydroxyl groups is 1. The number of nitrogens with zero attached hydrogens (tertiary/aromatic N) is 5. The summed E-state index contributed by atoms with van der Waals surface area (Å²) in [5.41, 5.74) is 8.51. The largest absolute Gasteiger partial charge is 0.493 e. The molecule has 0 amide bonds. The number of methoxy groups -OCH3 is 1. The van der Waals surface area contributed by atoms with Crippen molar-refractivity contribution < 1.29 is 9.84 Å². The number of pyridine rings is 2. The summed E-state index contributed by atoms with van der Waals surface area (Å²) < 4.78 is 7.61. The highest BCUT2D eigenvalue weighted by Crippen LogP contribution is 2.31. The van der Waals surface area contributed by atoms with Crippen LogP contribution in [0.25, 0.3) is 27.6 Å². The molecule has 36 heavy (non-hydrogen) atoms. The number of aliphatic imine (C=N–C) groups is 1. The van der Waals surface area contributed by atoms with Gasteiger partial charge in [0.15, 0.2) is 11.6 Å². The minimum atomic E-state index is -0.879. The summed E-state index contributed by atoms with van der Waals surface area (Å²) in [5, 5.41) is 15.1. The maximum Gasteiger partial charge on any atom is 0.174 e. The van der Waals surface area contributed by atoms with Crippen LogP contribution in [0.4, 0.5) is 11.6 Å². The molecule has 0 unspecified atom stereocenters. The number of nitrogens with two attached hydrogens (primary N) is 1. The Morgan fingerprint density at radius 3 is 2.61 bits per heavy atom. The molecule has 0 bridgehead atoms. The van der Waals surface area contributed by atoms with Crippen molar-refractivity contribution in [1.29, 1.82) is 0 Å². The van der Waals surface area contributed by atoms with E-state index in [1.807, 2.05) is 55.1 Å². The number of hydrogen-bond acceptors (Lipinski definition) is 8. The molecule has 0 saturated carbocycles. The van der Waals surface area contributed by atoms with E-state index in [2.05, 4.69) is 25.3 Å². The van der Waals surface area contributed by atoms with Crippen molar-refractivity contribution in [3.05, 3.63) is 66.5 Å². The van der Waals surface area contributed by atoms with Crippen molar-refractivity contribution in [3.8, 4) is 17.0 Å². The van der Waals surface area contributed by atoms with Crippen molar-refractivity contribution in [2.75, 3.05) is 19.0 Å². The normalized spacial score (nSPS) is 12.4. The van der Waals surface area contributed by atoms with E-state index in [1.54, 1.807) is 39.6 Å². The third-order valence-corrected chi connectivity index (χ3v) is 5.78. The van der Waals surface area contributed by atoms with Crippen LogP contribution in [0.5, 0.6) is 5.75 Å². The second-order valence-electron chi connectivity index (χ2n) is 9.19. The van der Waals surface area contributed by atoms with Gasteiger partial charge in [-0.1, -0.05) is 12.1 Å². The summed E-state index contributed by atoms with van der Waals surface area (Å²) in [4.78, 5) is 17.8.